The smallest absolute Gasteiger partial charge is 0.243 e. The number of hydrogen-bond acceptors (Lipinski definition) is 2. The largest absolute Gasteiger partial charge is 0.352 e. The van der Waals surface area contributed by atoms with Gasteiger partial charge in [-0.3, -0.25) is 9.59 Å². The summed E-state index contributed by atoms with van der Waals surface area (Å²) in [4.78, 5) is 29.6. The van der Waals surface area contributed by atoms with Crippen LogP contribution in [0.15, 0.2) is 78.9 Å². The average Bonchev–Trinajstić information content (AvgIpc) is 2.90. The average molecular weight is 483 g/mol. The van der Waals surface area contributed by atoms with E-state index in [1.807, 2.05) is 79.4 Å². The van der Waals surface area contributed by atoms with Crippen LogP contribution < -0.4 is 5.32 Å². The van der Waals surface area contributed by atoms with Crippen molar-refractivity contribution in [2.24, 2.45) is 0 Å². The minimum absolute atomic E-state index is 0.0210. The Morgan fingerprint density at radius 2 is 1.50 bits per heavy atom. The number of carbonyl (C=O) groups is 2. The molecule has 2 amide bonds. The van der Waals surface area contributed by atoms with E-state index < -0.39 is 6.04 Å². The molecule has 0 saturated heterocycles. The number of hydrogen-bond donors (Lipinski definition) is 1. The summed E-state index contributed by atoms with van der Waals surface area (Å²) < 4.78 is 0. The SMILES string of the molecule is Cc1ccc(C)c(CC(=O)N(Cc2ccccc2)C(Cc2ccccc2)C(=O)NC2CCCCC2)c1. The standard InChI is InChI=1S/C32H38N2O2/c1-24-18-19-25(2)28(20-24)22-31(35)34(23-27-14-8-4-9-15-27)30(21-26-12-6-3-7-13-26)32(36)33-29-16-10-5-11-17-29/h3-4,6-9,12-15,18-20,29-30H,5,10-11,16-17,21-23H2,1-2H3,(H,33,36). The Bertz CT molecular complexity index is 1140. The Morgan fingerprint density at radius 1 is 0.861 bits per heavy atom. The lowest BCUT2D eigenvalue weighted by atomic mass is 9.94. The number of carbonyl (C=O) groups excluding carboxylic acids is 2. The molecule has 0 heterocycles. The van der Waals surface area contributed by atoms with Gasteiger partial charge in [0.2, 0.25) is 11.8 Å². The number of amides is 2. The second-order valence-corrected chi connectivity index (χ2v) is 10.2. The second kappa shape index (κ2) is 12.5. The van der Waals surface area contributed by atoms with E-state index in [2.05, 4.69) is 23.5 Å². The molecule has 4 rings (SSSR count). The summed E-state index contributed by atoms with van der Waals surface area (Å²) >= 11 is 0. The van der Waals surface area contributed by atoms with E-state index in [1.54, 1.807) is 0 Å². The molecule has 0 bridgehead atoms. The number of benzene rings is 3. The Kier molecular flexibility index (Phi) is 8.94. The molecule has 1 fully saturated rings. The van der Waals surface area contributed by atoms with Gasteiger partial charge in [-0.1, -0.05) is 104 Å². The fourth-order valence-corrected chi connectivity index (χ4v) is 5.13. The van der Waals surface area contributed by atoms with Crippen LogP contribution in [0.25, 0.3) is 0 Å². The fourth-order valence-electron chi connectivity index (χ4n) is 5.13. The topological polar surface area (TPSA) is 49.4 Å². The number of nitrogens with zero attached hydrogens (tertiary/aromatic N) is 1. The molecule has 4 heteroatoms. The zero-order valence-electron chi connectivity index (χ0n) is 21.6. The normalized spacial score (nSPS) is 14.7. The van der Waals surface area contributed by atoms with Gasteiger partial charge in [-0.15, -0.1) is 0 Å². The summed E-state index contributed by atoms with van der Waals surface area (Å²) in [5, 5.41) is 3.31. The van der Waals surface area contributed by atoms with Gasteiger partial charge in [0.25, 0.3) is 0 Å². The molecule has 188 valence electrons. The minimum atomic E-state index is -0.577. The summed E-state index contributed by atoms with van der Waals surface area (Å²) in [6.07, 6.45) is 6.32. The highest BCUT2D eigenvalue weighted by Crippen LogP contribution is 2.21. The molecule has 0 aliphatic heterocycles. The first-order chi connectivity index (χ1) is 17.5. The highest BCUT2D eigenvalue weighted by Gasteiger charge is 2.32. The van der Waals surface area contributed by atoms with Crippen LogP contribution in [0.3, 0.4) is 0 Å². The van der Waals surface area contributed by atoms with Crippen molar-refractivity contribution in [2.75, 3.05) is 0 Å². The van der Waals surface area contributed by atoms with Crippen molar-refractivity contribution in [2.45, 2.75) is 77.4 Å². The van der Waals surface area contributed by atoms with Gasteiger partial charge in [-0.25, -0.2) is 0 Å². The van der Waals surface area contributed by atoms with Crippen LogP contribution in [0.1, 0.15) is 59.9 Å². The van der Waals surface area contributed by atoms with Crippen molar-refractivity contribution >= 4 is 11.8 Å². The summed E-state index contributed by atoms with van der Waals surface area (Å²) in [6.45, 7) is 4.49. The molecule has 0 radical (unpaired) electrons. The number of aryl methyl sites for hydroxylation is 2. The van der Waals surface area contributed by atoms with Gasteiger partial charge in [0, 0.05) is 19.0 Å². The minimum Gasteiger partial charge on any atom is -0.352 e. The molecular formula is C32H38N2O2. The Hall–Kier alpha value is -3.40. The third-order valence-electron chi connectivity index (χ3n) is 7.26. The van der Waals surface area contributed by atoms with E-state index in [0.717, 1.165) is 53.5 Å². The molecular weight excluding hydrogens is 444 g/mol. The third-order valence-corrected chi connectivity index (χ3v) is 7.26. The van der Waals surface area contributed by atoms with E-state index >= 15 is 0 Å². The molecule has 4 nitrogen and oxygen atoms in total. The molecule has 36 heavy (non-hydrogen) atoms. The van der Waals surface area contributed by atoms with Crippen molar-refractivity contribution in [1.82, 2.24) is 10.2 Å². The maximum absolute atomic E-state index is 14.0. The molecule has 1 N–H and O–H groups in total. The predicted molar refractivity (Wildman–Crippen MR) is 146 cm³/mol. The second-order valence-electron chi connectivity index (χ2n) is 10.2. The van der Waals surface area contributed by atoms with Gasteiger partial charge >= 0.3 is 0 Å². The molecule has 1 aliphatic carbocycles. The van der Waals surface area contributed by atoms with Gasteiger partial charge in [-0.2, -0.15) is 0 Å². The van der Waals surface area contributed by atoms with E-state index in [0.29, 0.717) is 13.0 Å². The monoisotopic (exact) mass is 482 g/mol. The highest BCUT2D eigenvalue weighted by molar-refractivity contribution is 5.89. The first-order valence-corrected chi connectivity index (χ1v) is 13.2. The maximum Gasteiger partial charge on any atom is 0.243 e. The van der Waals surface area contributed by atoms with E-state index in [9.17, 15) is 9.59 Å². The summed E-state index contributed by atoms with van der Waals surface area (Å²) in [6, 6.07) is 25.9. The molecule has 1 aliphatic rings. The Balaban J connectivity index is 1.66. The fraction of sp³-hybridized carbons (Fsp3) is 0.375. The van der Waals surface area contributed by atoms with Crippen molar-refractivity contribution in [3.63, 3.8) is 0 Å². The predicted octanol–water partition coefficient (Wildman–Crippen LogP) is 5.93. The van der Waals surface area contributed by atoms with Crippen LogP contribution in [-0.2, 0) is 29.0 Å². The van der Waals surface area contributed by atoms with Crippen LogP contribution in [0.2, 0.25) is 0 Å². The third kappa shape index (κ3) is 7.07. The summed E-state index contributed by atoms with van der Waals surface area (Å²) in [7, 11) is 0. The molecule has 1 unspecified atom stereocenters. The molecule has 1 saturated carbocycles. The van der Waals surface area contributed by atoms with Crippen molar-refractivity contribution in [3.8, 4) is 0 Å². The quantitative estimate of drug-likeness (QED) is 0.411. The van der Waals surface area contributed by atoms with Gasteiger partial charge in [0.15, 0.2) is 0 Å². The van der Waals surface area contributed by atoms with Crippen LogP contribution in [-0.4, -0.2) is 28.8 Å². The zero-order valence-corrected chi connectivity index (χ0v) is 21.6. The summed E-state index contributed by atoms with van der Waals surface area (Å²) in [5.74, 6) is -0.0664. The van der Waals surface area contributed by atoms with Gasteiger partial charge in [0.05, 0.1) is 6.42 Å². The maximum atomic E-state index is 14.0. The number of rotatable bonds is 9. The van der Waals surface area contributed by atoms with Crippen molar-refractivity contribution in [3.05, 3.63) is 107 Å². The molecule has 3 aromatic rings. The van der Waals surface area contributed by atoms with Crippen LogP contribution >= 0.6 is 0 Å². The molecule has 1 atom stereocenters. The molecule has 0 aromatic heterocycles. The Morgan fingerprint density at radius 3 is 2.17 bits per heavy atom. The summed E-state index contributed by atoms with van der Waals surface area (Å²) in [5.41, 5.74) is 5.33. The van der Waals surface area contributed by atoms with E-state index in [4.69, 9.17) is 0 Å². The number of nitrogens with one attached hydrogen (secondary N) is 1. The van der Waals surface area contributed by atoms with E-state index in [1.165, 1.54) is 6.42 Å². The van der Waals surface area contributed by atoms with Crippen molar-refractivity contribution < 1.29 is 9.59 Å². The lowest BCUT2D eigenvalue weighted by Gasteiger charge is -2.33. The zero-order chi connectivity index (χ0) is 25.3. The molecule has 0 spiro atoms. The highest BCUT2D eigenvalue weighted by atomic mass is 16.2. The van der Waals surface area contributed by atoms with E-state index in [-0.39, 0.29) is 24.3 Å². The van der Waals surface area contributed by atoms with Crippen LogP contribution in [0.5, 0.6) is 0 Å². The van der Waals surface area contributed by atoms with Gasteiger partial charge in [0.1, 0.15) is 6.04 Å². The van der Waals surface area contributed by atoms with Crippen LogP contribution in [0, 0.1) is 13.8 Å². The molecule has 3 aromatic carbocycles. The lowest BCUT2D eigenvalue weighted by Crippen LogP contribution is -2.53. The van der Waals surface area contributed by atoms with Gasteiger partial charge in [-0.05, 0) is 48.9 Å². The van der Waals surface area contributed by atoms with Gasteiger partial charge < -0.3 is 10.2 Å². The van der Waals surface area contributed by atoms with Crippen LogP contribution in [0.4, 0.5) is 0 Å². The Labute approximate surface area is 215 Å². The van der Waals surface area contributed by atoms with Crippen molar-refractivity contribution in [1.29, 1.82) is 0 Å². The first-order valence-electron chi connectivity index (χ1n) is 13.2. The lowest BCUT2D eigenvalue weighted by molar-refractivity contribution is -0.141. The first kappa shape index (κ1) is 25.7.